The summed E-state index contributed by atoms with van der Waals surface area (Å²) in [6.45, 7) is 6.08. The monoisotopic (exact) mass is 445 g/mol. The molecule has 0 N–H and O–H groups in total. The van der Waals surface area contributed by atoms with E-state index in [4.69, 9.17) is 14.7 Å². The van der Waals surface area contributed by atoms with E-state index >= 15 is 0 Å². The highest BCUT2D eigenvalue weighted by Crippen LogP contribution is 2.31. The van der Waals surface area contributed by atoms with Crippen LogP contribution in [0.1, 0.15) is 34.6 Å². The fourth-order valence-corrected chi connectivity index (χ4v) is 4.87. The van der Waals surface area contributed by atoms with Crippen molar-refractivity contribution in [1.29, 1.82) is 0 Å². The van der Waals surface area contributed by atoms with Gasteiger partial charge < -0.3 is 19.4 Å². The first-order chi connectivity index (χ1) is 16.3. The zero-order valence-corrected chi connectivity index (χ0v) is 18.6. The van der Waals surface area contributed by atoms with Crippen LogP contribution in [0.25, 0.3) is 11.0 Å². The smallest absolute Gasteiger partial charge is 0.274 e. The van der Waals surface area contributed by atoms with E-state index in [0.717, 1.165) is 60.2 Å². The van der Waals surface area contributed by atoms with Crippen LogP contribution in [0.15, 0.2) is 30.5 Å². The molecule has 0 radical (unpaired) electrons. The summed E-state index contributed by atoms with van der Waals surface area (Å²) in [7, 11) is 0. The van der Waals surface area contributed by atoms with Crippen LogP contribution >= 0.6 is 0 Å². The molecule has 9 nitrogen and oxygen atoms in total. The molecule has 2 saturated heterocycles. The lowest BCUT2D eigenvalue weighted by molar-refractivity contribution is 0.0727. The number of hydrogen-bond acceptors (Lipinski definition) is 8. The molecule has 3 aliphatic rings. The number of nitrogens with zero attached hydrogens (tertiary/aromatic N) is 7. The van der Waals surface area contributed by atoms with Gasteiger partial charge in [0.15, 0.2) is 0 Å². The maximum Gasteiger partial charge on any atom is 0.274 e. The van der Waals surface area contributed by atoms with E-state index in [2.05, 4.69) is 19.8 Å². The third-order valence-electron chi connectivity index (χ3n) is 6.68. The molecule has 5 heterocycles. The first-order valence-electron chi connectivity index (χ1n) is 11.7. The summed E-state index contributed by atoms with van der Waals surface area (Å²) in [5.41, 5.74) is 4.00. The molecule has 6 rings (SSSR count). The Morgan fingerprint density at radius 1 is 0.879 bits per heavy atom. The van der Waals surface area contributed by atoms with Crippen molar-refractivity contribution in [3.05, 3.63) is 47.4 Å². The maximum atomic E-state index is 13.4. The number of para-hydroxylation sites is 2. The molecule has 0 saturated carbocycles. The minimum Gasteiger partial charge on any atom is -0.378 e. The van der Waals surface area contributed by atoms with Gasteiger partial charge in [0.1, 0.15) is 11.5 Å². The van der Waals surface area contributed by atoms with Gasteiger partial charge in [0.05, 0.1) is 42.7 Å². The summed E-state index contributed by atoms with van der Waals surface area (Å²) in [5.74, 6) is 1.68. The lowest BCUT2D eigenvalue weighted by Gasteiger charge is -2.35. The summed E-state index contributed by atoms with van der Waals surface area (Å²) >= 11 is 0. The molecule has 2 aromatic heterocycles. The normalized spacial score (nSPS) is 18.6. The highest BCUT2D eigenvalue weighted by Gasteiger charge is 2.30. The van der Waals surface area contributed by atoms with Crippen LogP contribution in [0, 0.1) is 0 Å². The molecule has 0 atom stereocenters. The van der Waals surface area contributed by atoms with Crippen molar-refractivity contribution in [3.63, 3.8) is 0 Å². The third-order valence-corrected chi connectivity index (χ3v) is 6.68. The minimum absolute atomic E-state index is 0.101. The number of carbonyl (C=O) groups is 1. The van der Waals surface area contributed by atoms with Gasteiger partial charge in [-0.25, -0.2) is 9.97 Å². The zero-order valence-electron chi connectivity index (χ0n) is 18.6. The predicted octanol–water partition coefficient (Wildman–Crippen LogP) is 2.06. The van der Waals surface area contributed by atoms with E-state index in [9.17, 15) is 4.79 Å². The standard InChI is InChI=1S/C24H27N7O2/c32-23(21-15-25-19-5-1-2-6-20(19)26-21)31-10-7-18-17(16-31)22(29-11-13-33-14-12-29)28-24(27-18)30-8-3-4-9-30/h1-2,5-6,15H,3-4,7-14,16H2. The van der Waals surface area contributed by atoms with Crippen LogP contribution in [-0.2, 0) is 17.7 Å². The molecule has 9 heteroatoms. The van der Waals surface area contributed by atoms with Gasteiger partial charge >= 0.3 is 0 Å². The third kappa shape index (κ3) is 3.86. The van der Waals surface area contributed by atoms with Crippen molar-refractivity contribution >= 4 is 28.7 Å². The molecule has 2 fully saturated rings. The van der Waals surface area contributed by atoms with Crippen LogP contribution in [0.5, 0.6) is 0 Å². The maximum absolute atomic E-state index is 13.4. The Morgan fingerprint density at radius 2 is 1.67 bits per heavy atom. The fourth-order valence-electron chi connectivity index (χ4n) is 4.87. The van der Waals surface area contributed by atoms with Gasteiger partial charge in [-0.1, -0.05) is 12.1 Å². The van der Waals surface area contributed by atoms with Gasteiger partial charge in [-0.15, -0.1) is 0 Å². The van der Waals surface area contributed by atoms with E-state index in [-0.39, 0.29) is 5.91 Å². The van der Waals surface area contributed by atoms with Gasteiger partial charge in [-0.05, 0) is 25.0 Å². The van der Waals surface area contributed by atoms with Crippen molar-refractivity contribution in [2.24, 2.45) is 0 Å². The van der Waals surface area contributed by atoms with Crippen LogP contribution in [0.2, 0.25) is 0 Å². The van der Waals surface area contributed by atoms with Gasteiger partial charge in [-0.3, -0.25) is 9.78 Å². The van der Waals surface area contributed by atoms with E-state index in [1.165, 1.54) is 12.8 Å². The predicted molar refractivity (Wildman–Crippen MR) is 124 cm³/mol. The van der Waals surface area contributed by atoms with Gasteiger partial charge in [0.25, 0.3) is 5.91 Å². The topological polar surface area (TPSA) is 87.6 Å². The summed E-state index contributed by atoms with van der Waals surface area (Å²) in [6.07, 6.45) is 4.66. The van der Waals surface area contributed by atoms with E-state index < -0.39 is 0 Å². The van der Waals surface area contributed by atoms with E-state index in [1.54, 1.807) is 6.20 Å². The van der Waals surface area contributed by atoms with Gasteiger partial charge in [0, 0.05) is 44.7 Å². The number of fused-ring (bicyclic) bond motifs is 2. The molecule has 3 aliphatic heterocycles. The minimum atomic E-state index is -0.101. The number of hydrogen-bond donors (Lipinski definition) is 0. The first kappa shape index (κ1) is 20.3. The molecular formula is C24H27N7O2. The van der Waals surface area contributed by atoms with Crippen LogP contribution < -0.4 is 9.80 Å². The highest BCUT2D eigenvalue weighted by atomic mass is 16.5. The number of carbonyl (C=O) groups excluding carboxylic acids is 1. The number of benzene rings is 1. The molecular weight excluding hydrogens is 418 g/mol. The number of rotatable bonds is 3. The van der Waals surface area contributed by atoms with E-state index in [1.807, 2.05) is 29.2 Å². The zero-order chi connectivity index (χ0) is 22.2. The van der Waals surface area contributed by atoms with Crippen molar-refractivity contribution in [3.8, 4) is 0 Å². The van der Waals surface area contributed by atoms with Crippen molar-refractivity contribution < 1.29 is 9.53 Å². The summed E-state index contributed by atoms with van der Waals surface area (Å²) in [4.78, 5) is 38.7. The first-order valence-corrected chi connectivity index (χ1v) is 11.7. The van der Waals surface area contributed by atoms with Crippen LogP contribution in [-0.4, -0.2) is 76.7 Å². The summed E-state index contributed by atoms with van der Waals surface area (Å²) < 4.78 is 5.57. The van der Waals surface area contributed by atoms with Crippen LogP contribution in [0.3, 0.4) is 0 Å². The number of morpholine rings is 1. The second-order valence-electron chi connectivity index (χ2n) is 8.79. The largest absolute Gasteiger partial charge is 0.378 e. The molecule has 3 aromatic rings. The molecule has 1 aromatic carbocycles. The number of anilines is 2. The number of amides is 1. The second-order valence-corrected chi connectivity index (χ2v) is 8.79. The molecule has 0 unspecified atom stereocenters. The average molecular weight is 446 g/mol. The number of ether oxygens (including phenoxy) is 1. The van der Waals surface area contributed by atoms with Crippen molar-refractivity contribution in [2.75, 3.05) is 55.7 Å². The molecule has 1 amide bonds. The Hall–Kier alpha value is -3.33. The quantitative estimate of drug-likeness (QED) is 0.605. The van der Waals surface area contributed by atoms with Gasteiger partial charge in [0.2, 0.25) is 5.95 Å². The summed E-state index contributed by atoms with van der Waals surface area (Å²) in [6, 6.07) is 7.61. The molecule has 0 spiro atoms. The van der Waals surface area contributed by atoms with Crippen LogP contribution in [0.4, 0.5) is 11.8 Å². The fraction of sp³-hybridized carbons (Fsp3) is 0.458. The van der Waals surface area contributed by atoms with Crippen molar-refractivity contribution in [1.82, 2.24) is 24.8 Å². The SMILES string of the molecule is O=C(c1cnc2ccccc2n1)N1CCc2nc(N3CCCC3)nc(N3CCOCC3)c2C1. The molecule has 170 valence electrons. The number of aromatic nitrogens is 4. The molecule has 0 bridgehead atoms. The Morgan fingerprint density at radius 3 is 2.48 bits per heavy atom. The Kier molecular flexibility index (Phi) is 5.26. The summed E-state index contributed by atoms with van der Waals surface area (Å²) in [5, 5.41) is 0. The van der Waals surface area contributed by atoms with Crippen molar-refractivity contribution in [2.45, 2.75) is 25.8 Å². The highest BCUT2D eigenvalue weighted by molar-refractivity contribution is 5.94. The Balaban J connectivity index is 1.33. The Labute approximate surface area is 192 Å². The average Bonchev–Trinajstić information content (AvgIpc) is 3.43. The lowest BCUT2D eigenvalue weighted by Crippen LogP contribution is -2.41. The Bertz CT molecular complexity index is 1190. The van der Waals surface area contributed by atoms with Gasteiger partial charge in [-0.2, -0.15) is 4.98 Å². The van der Waals surface area contributed by atoms with E-state index in [0.29, 0.717) is 38.4 Å². The molecule has 33 heavy (non-hydrogen) atoms. The molecule has 0 aliphatic carbocycles. The lowest BCUT2D eigenvalue weighted by atomic mass is 10.0. The second kappa shape index (κ2) is 8.55.